The van der Waals surface area contributed by atoms with Crippen LogP contribution in [-0.4, -0.2) is 4.98 Å². The van der Waals surface area contributed by atoms with E-state index in [9.17, 15) is 8.78 Å². The van der Waals surface area contributed by atoms with Crippen LogP contribution < -0.4 is 5.73 Å². The van der Waals surface area contributed by atoms with Crippen LogP contribution in [0.15, 0.2) is 12.1 Å². The van der Waals surface area contributed by atoms with Gasteiger partial charge in [-0.2, -0.15) is 0 Å². The molecule has 4 heteroatoms. The number of fused-ring (bicyclic) bond motifs is 1. The quantitative estimate of drug-likeness (QED) is 0.785. The zero-order valence-corrected chi connectivity index (χ0v) is 10.1. The Hall–Kier alpha value is -2.15. The van der Waals surface area contributed by atoms with Gasteiger partial charge in [0.1, 0.15) is 17.2 Å². The van der Waals surface area contributed by atoms with Crippen molar-refractivity contribution in [3.63, 3.8) is 0 Å². The van der Waals surface area contributed by atoms with Crippen LogP contribution in [0.1, 0.15) is 30.9 Å². The number of nitrogens with zero attached hydrogens (tertiary/aromatic N) is 1. The van der Waals surface area contributed by atoms with Gasteiger partial charge in [-0.1, -0.05) is 19.8 Å². The summed E-state index contributed by atoms with van der Waals surface area (Å²) in [4.78, 5) is 3.91. The first-order chi connectivity index (χ1) is 8.45. The Morgan fingerprint density at radius 1 is 1.28 bits per heavy atom. The SMILES string of the molecule is C#Cc1c(F)cc(F)c2nc(N)cc(C(C)C)c12. The average Bonchev–Trinajstić information content (AvgIpc) is 2.29. The lowest BCUT2D eigenvalue weighted by Crippen LogP contribution is -2.02. The number of hydrogen-bond acceptors (Lipinski definition) is 2. The van der Waals surface area contributed by atoms with Crippen LogP contribution in [0, 0.1) is 24.0 Å². The fourth-order valence-corrected chi connectivity index (χ4v) is 1.99. The Kier molecular flexibility index (Phi) is 2.92. The molecular formula is C14H12F2N2. The topological polar surface area (TPSA) is 38.9 Å². The van der Waals surface area contributed by atoms with Crippen LogP contribution in [0.3, 0.4) is 0 Å². The number of anilines is 1. The van der Waals surface area contributed by atoms with E-state index in [2.05, 4.69) is 10.9 Å². The fraction of sp³-hybridized carbons (Fsp3) is 0.214. The molecule has 0 saturated carbocycles. The van der Waals surface area contributed by atoms with Crippen molar-refractivity contribution in [3.8, 4) is 12.3 Å². The molecule has 92 valence electrons. The van der Waals surface area contributed by atoms with E-state index < -0.39 is 11.6 Å². The number of halogens is 2. The summed E-state index contributed by atoms with van der Waals surface area (Å²) in [6.45, 7) is 3.80. The number of pyridine rings is 1. The number of terminal acetylenes is 1. The zero-order chi connectivity index (χ0) is 13.4. The lowest BCUT2D eigenvalue weighted by Gasteiger charge is -2.13. The molecule has 1 aromatic carbocycles. The second kappa shape index (κ2) is 4.26. The van der Waals surface area contributed by atoms with Crippen molar-refractivity contribution in [1.29, 1.82) is 0 Å². The van der Waals surface area contributed by atoms with Gasteiger partial charge in [-0.3, -0.25) is 0 Å². The minimum atomic E-state index is -0.754. The fourth-order valence-electron chi connectivity index (χ4n) is 1.99. The van der Waals surface area contributed by atoms with Gasteiger partial charge in [0.2, 0.25) is 0 Å². The van der Waals surface area contributed by atoms with Crippen molar-refractivity contribution in [2.75, 3.05) is 5.73 Å². The maximum absolute atomic E-state index is 13.8. The third-order valence-corrected chi connectivity index (χ3v) is 2.80. The Morgan fingerprint density at radius 3 is 2.50 bits per heavy atom. The summed E-state index contributed by atoms with van der Waals surface area (Å²) in [6.07, 6.45) is 5.30. The van der Waals surface area contributed by atoms with Gasteiger partial charge in [-0.15, -0.1) is 6.42 Å². The van der Waals surface area contributed by atoms with Gasteiger partial charge in [0, 0.05) is 11.5 Å². The van der Waals surface area contributed by atoms with Gasteiger partial charge >= 0.3 is 0 Å². The Balaban J connectivity index is 3.06. The molecule has 0 aliphatic heterocycles. The summed E-state index contributed by atoms with van der Waals surface area (Å²) >= 11 is 0. The molecule has 0 fully saturated rings. The van der Waals surface area contributed by atoms with E-state index in [1.165, 1.54) is 0 Å². The molecule has 0 amide bonds. The molecule has 2 aromatic rings. The molecule has 0 atom stereocenters. The minimum absolute atomic E-state index is 0.0213. The molecule has 0 radical (unpaired) electrons. The van der Waals surface area contributed by atoms with Crippen molar-refractivity contribution >= 4 is 16.7 Å². The number of nitrogen functional groups attached to an aromatic ring is 1. The molecule has 0 unspecified atom stereocenters. The van der Waals surface area contributed by atoms with Crippen molar-refractivity contribution in [1.82, 2.24) is 4.98 Å². The van der Waals surface area contributed by atoms with Gasteiger partial charge in [-0.25, -0.2) is 13.8 Å². The summed E-state index contributed by atoms with van der Waals surface area (Å²) < 4.78 is 27.4. The van der Waals surface area contributed by atoms with Gasteiger partial charge in [0.25, 0.3) is 0 Å². The van der Waals surface area contributed by atoms with Crippen molar-refractivity contribution in [2.45, 2.75) is 19.8 Å². The van der Waals surface area contributed by atoms with Crippen LogP contribution in [0.4, 0.5) is 14.6 Å². The zero-order valence-electron chi connectivity index (χ0n) is 10.1. The summed E-state index contributed by atoms with van der Waals surface area (Å²) in [6, 6.07) is 2.35. The normalized spacial score (nSPS) is 10.9. The summed E-state index contributed by atoms with van der Waals surface area (Å²) in [5.41, 5.74) is 6.39. The standard InChI is InChI=1S/C14H12F2N2/c1-4-8-10(15)6-11(16)14-13(8)9(7(2)3)5-12(17)18-14/h1,5-7H,2-3H3,(H2,17,18). The summed E-state index contributed by atoms with van der Waals surface area (Å²) in [7, 11) is 0. The van der Waals surface area contributed by atoms with Crippen LogP contribution in [0.5, 0.6) is 0 Å². The van der Waals surface area contributed by atoms with Crippen LogP contribution >= 0.6 is 0 Å². The molecule has 2 nitrogen and oxygen atoms in total. The number of aromatic nitrogens is 1. The van der Waals surface area contributed by atoms with E-state index in [4.69, 9.17) is 12.2 Å². The lowest BCUT2D eigenvalue weighted by molar-refractivity contribution is 0.588. The van der Waals surface area contributed by atoms with Crippen LogP contribution in [0.25, 0.3) is 10.9 Å². The highest BCUT2D eigenvalue weighted by Gasteiger charge is 2.17. The molecule has 1 heterocycles. The van der Waals surface area contributed by atoms with E-state index in [-0.39, 0.29) is 22.8 Å². The number of nitrogens with two attached hydrogens (primary N) is 1. The van der Waals surface area contributed by atoms with E-state index in [1.807, 2.05) is 13.8 Å². The monoisotopic (exact) mass is 246 g/mol. The first kappa shape index (κ1) is 12.3. The lowest BCUT2D eigenvalue weighted by atomic mass is 9.95. The molecular weight excluding hydrogens is 234 g/mol. The largest absolute Gasteiger partial charge is 0.384 e. The predicted octanol–water partition coefficient (Wildman–Crippen LogP) is 3.20. The average molecular weight is 246 g/mol. The Bertz CT molecular complexity index is 670. The minimum Gasteiger partial charge on any atom is -0.384 e. The van der Waals surface area contributed by atoms with Crippen molar-refractivity contribution < 1.29 is 8.78 Å². The second-order valence-corrected chi connectivity index (χ2v) is 4.37. The first-order valence-electron chi connectivity index (χ1n) is 5.50. The maximum Gasteiger partial charge on any atom is 0.152 e. The second-order valence-electron chi connectivity index (χ2n) is 4.37. The number of rotatable bonds is 1. The van der Waals surface area contributed by atoms with E-state index in [0.717, 1.165) is 6.07 Å². The van der Waals surface area contributed by atoms with Crippen LogP contribution in [0.2, 0.25) is 0 Å². The van der Waals surface area contributed by atoms with E-state index >= 15 is 0 Å². The maximum atomic E-state index is 13.8. The molecule has 0 spiro atoms. The third kappa shape index (κ3) is 1.78. The third-order valence-electron chi connectivity index (χ3n) is 2.80. The first-order valence-corrected chi connectivity index (χ1v) is 5.50. The molecule has 2 N–H and O–H groups in total. The number of benzene rings is 1. The summed E-state index contributed by atoms with van der Waals surface area (Å²) in [5.74, 6) is 0.978. The molecule has 1 aromatic heterocycles. The Labute approximate surface area is 104 Å². The van der Waals surface area contributed by atoms with Crippen LogP contribution in [-0.2, 0) is 0 Å². The highest BCUT2D eigenvalue weighted by molar-refractivity contribution is 5.90. The predicted molar refractivity (Wildman–Crippen MR) is 68.1 cm³/mol. The molecule has 0 aliphatic rings. The molecule has 2 rings (SSSR count). The molecule has 0 bridgehead atoms. The smallest absolute Gasteiger partial charge is 0.152 e. The summed E-state index contributed by atoms with van der Waals surface area (Å²) in [5, 5.41) is 0.333. The molecule has 18 heavy (non-hydrogen) atoms. The van der Waals surface area contributed by atoms with Crippen molar-refractivity contribution in [2.24, 2.45) is 0 Å². The molecule has 0 aliphatic carbocycles. The van der Waals surface area contributed by atoms with E-state index in [1.54, 1.807) is 6.07 Å². The van der Waals surface area contributed by atoms with Gasteiger partial charge in [0.15, 0.2) is 5.82 Å². The van der Waals surface area contributed by atoms with Crippen molar-refractivity contribution in [3.05, 3.63) is 34.9 Å². The Morgan fingerprint density at radius 2 is 1.94 bits per heavy atom. The molecule has 0 saturated heterocycles. The van der Waals surface area contributed by atoms with Gasteiger partial charge < -0.3 is 5.73 Å². The van der Waals surface area contributed by atoms with Gasteiger partial charge in [-0.05, 0) is 17.5 Å². The van der Waals surface area contributed by atoms with Gasteiger partial charge in [0.05, 0.1) is 5.56 Å². The highest BCUT2D eigenvalue weighted by Crippen LogP contribution is 2.31. The van der Waals surface area contributed by atoms with E-state index in [0.29, 0.717) is 10.9 Å². The number of hydrogen-bond donors (Lipinski definition) is 1. The highest BCUT2D eigenvalue weighted by atomic mass is 19.1.